The number of aromatic amines is 1. The molecule has 3 aromatic rings. The molecule has 1 fully saturated rings. The standard InChI is InChI=1S/C20H21F2N5O4/c1-11-9-27(13-6-14(21)18(30-2)15(22)7-13)4-3-26(11)10-17(28)24-12-5-16-19(23-8-12)25-20(29)31-16/h5-8,11H,3-4,9-10H2,1-2H3,(H,24,28)(H,23,25,29)/t11-/m1/s1. The van der Waals surface area contributed by atoms with Crippen LogP contribution in [-0.2, 0) is 4.79 Å². The fourth-order valence-electron chi connectivity index (χ4n) is 3.68. The molecule has 1 amide bonds. The average Bonchev–Trinajstić information content (AvgIpc) is 3.08. The number of nitrogens with one attached hydrogen (secondary N) is 2. The van der Waals surface area contributed by atoms with E-state index in [1.54, 1.807) is 0 Å². The van der Waals surface area contributed by atoms with E-state index in [-0.39, 0.29) is 24.1 Å². The van der Waals surface area contributed by atoms with Crippen LogP contribution in [0.2, 0.25) is 0 Å². The highest BCUT2D eigenvalue weighted by Crippen LogP contribution is 2.28. The Bertz CT molecular complexity index is 1150. The van der Waals surface area contributed by atoms with E-state index in [2.05, 4.69) is 15.3 Å². The van der Waals surface area contributed by atoms with Gasteiger partial charge in [0.25, 0.3) is 0 Å². The number of rotatable bonds is 5. The number of hydrogen-bond donors (Lipinski definition) is 2. The summed E-state index contributed by atoms with van der Waals surface area (Å²) in [5, 5.41) is 2.74. The third kappa shape index (κ3) is 4.36. The first-order chi connectivity index (χ1) is 14.8. The number of nitrogens with zero attached hydrogens (tertiary/aromatic N) is 3. The number of aromatic nitrogens is 2. The predicted octanol–water partition coefficient (Wildman–Crippen LogP) is 1.95. The highest BCUT2D eigenvalue weighted by Gasteiger charge is 2.27. The van der Waals surface area contributed by atoms with Crippen LogP contribution in [0.3, 0.4) is 0 Å². The van der Waals surface area contributed by atoms with E-state index in [4.69, 9.17) is 9.15 Å². The molecule has 1 saturated heterocycles. The Labute approximate surface area is 175 Å². The van der Waals surface area contributed by atoms with E-state index in [0.717, 1.165) is 0 Å². The smallest absolute Gasteiger partial charge is 0.418 e. The van der Waals surface area contributed by atoms with Gasteiger partial charge in [0.05, 0.1) is 25.5 Å². The number of carbonyl (C=O) groups excluding carboxylic acids is 1. The van der Waals surface area contributed by atoms with Gasteiger partial charge in [-0.25, -0.2) is 18.6 Å². The highest BCUT2D eigenvalue weighted by atomic mass is 19.1. The zero-order valence-electron chi connectivity index (χ0n) is 16.9. The third-order valence-corrected chi connectivity index (χ3v) is 5.22. The summed E-state index contributed by atoms with van der Waals surface area (Å²) in [6.45, 7) is 3.62. The Kier molecular flexibility index (Phi) is 5.59. The molecule has 1 aliphatic rings. The number of fused-ring (bicyclic) bond motifs is 1. The van der Waals surface area contributed by atoms with Crippen LogP contribution in [0.1, 0.15) is 6.92 Å². The number of H-pyrrole nitrogens is 1. The maximum atomic E-state index is 14.0. The molecule has 31 heavy (non-hydrogen) atoms. The van der Waals surface area contributed by atoms with Gasteiger partial charge in [0.1, 0.15) is 0 Å². The van der Waals surface area contributed by atoms with Crippen LogP contribution >= 0.6 is 0 Å². The molecule has 4 rings (SSSR count). The van der Waals surface area contributed by atoms with Gasteiger partial charge in [0, 0.05) is 49.6 Å². The van der Waals surface area contributed by atoms with Gasteiger partial charge in [0.2, 0.25) is 5.91 Å². The molecule has 1 aliphatic heterocycles. The number of ether oxygens (including phenoxy) is 1. The lowest BCUT2D eigenvalue weighted by Crippen LogP contribution is -2.53. The van der Waals surface area contributed by atoms with Crippen LogP contribution in [0.5, 0.6) is 5.75 Å². The molecule has 0 radical (unpaired) electrons. The van der Waals surface area contributed by atoms with Crippen molar-refractivity contribution in [3.63, 3.8) is 0 Å². The van der Waals surface area contributed by atoms with Gasteiger partial charge in [0.15, 0.2) is 28.6 Å². The third-order valence-electron chi connectivity index (χ3n) is 5.22. The van der Waals surface area contributed by atoms with E-state index < -0.39 is 23.1 Å². The first kappa shape index (κ1) is 20.8. The average molecular weight is 433 g/mol. The van der Waals surface area contributed by atoms with Gasteiger partial charge in [-0.1, -0.05) is 0 Å². The molecule has 2 N–H and O–H groups in total. The van der Waals surface area contributed by atoms with Crippen molar-refractivity contribution in [1.82, 2.24) is 14.9 Å². The van der Waals surface area contributed by atoms with E-state index in [0.29, 0.717) is 36.7 Å². The van der Waals surface area contributed by atoms with Crippen molar-refractivity contribution < 1.29 is 22.7 Å². The van der Waals surface area contributed by atoms with Crippen molar-refractivity contribution >= 4 is 28.5 Å². The Hall–Kier alpha value is -3.47. The molecule has 0 bridgehead atoms. The second kappa shape index (κ2) is 8.34. The molecular formula is C20H21F2N5O4. The minimum absolute atomic E-state index is 0.0315. The lowest BCUT2D eigenvalue weighted by molar-refractivity contribution is -0.117. The first-order valence-electron chi connectivity index (χ1n) is 9.65. The van der Waals surface area contributed by atoms with Crippen LogP contribution in [0.4, 0.5) is 20.2 Å². The quantitative estimate of drug-likeness (QED) is 0.634. The Morgan fingerprint density at radius 1 is 1.32 bits per heavy atom. The van der Waals surface area contributed by atoms with Gasteiger partial charge in [-0.05, 0) is 6.92 Å². The van der Waals surface area contributed by atoms with Crippen molar-refractivity contribution in [3.05, 3.63) is 46.6 Å². The molecule has 2 aromatic heterocycles. The predicted molar refractivity (Wildman–Crippen MR) is 109 cm³/mol. The number of anilines is 2. The highest BCUT2D eigenvalue weighted by molar-refractivity contribution is 5.93. The summed E-state index contributed by atoms with van der Waals surface area (Å²) in [6, 6.07) is 3.99. The van der Waals surface area contributed by atoms with Crippen molar-refractivity contribution in [2.75, 3.05) is 43.5 Å². The largest absolute Gasteiger partial charge is 0.491 e. The zero-order valence-corrected chi connectivity index (χ0v) is 16.9. The molecule has 9 nitrogen and oxygen atoms in total. The summed E-state index contributed by atoms with van der Waals surface area (Å²) < 4.78 is 37.7. The second-order valence-corrected chi connectivity index (χ2v) is 7.34. The molecule has 0 saturated carbocycles. The monoisotopic (exact) mass is 433 g/mol. The molecule has 3 heterocycles. The van der Waals surface area contributed by atoms with E-state index in [1.165, 1.54) is 31.5 Å². The fourth-order valence-corrected chi connectivity index (χ4v) is 3.68. The molecule has 0 aliphatic carbocycles. The molecule has 1 aromatic carbocycles. The fraction of sp³-hybridized carbons (Fsp3) is 0.350. The van der Waals surface area contributed by atoms with Crippen molar-refractivity contribution in [1.29, 1.82) is 0 Å². The number of oxazole rings is 1. The maximum absolute atomic E-state index is 14.0. The first-order valence-corrected chi connectivity index (χ1v) is 9.65. The van der Waals surface area contributed by atoms with Crippen molar-refractivity contribution in [3.8, 4) is 5.75 Å². The van der Waals surface area contributed by atoms with Gasteiger partial charge in [-0.3, -0.25) is 14.7 Å². The second-order valence-electron chi connectivity index (χ2n) is 7.34. The SMILES string of the molecule is COc1c(F)cc(N2CCN(CC(=O)Nc3cnc4[nH]c(=O)oc4c3)[C@H](C)C2)cc1F. The maximum Gasteiger partial charge on any atom is 0.418 e. The lowest BCUT2D eigenvalue weighted by Gasteiger charge is -2.40. The molecule has 1 atom stereocenters. The number of carbonyl (C=O) groups is 1. The topological polar surface area (TPSA) is 104 Å². The molecule has 0 unspecified atom stereocenters. The number of hydrogen-bond acceptors (Lipinski definition) is 7. The van der Waals surface area contributed by atoms with Crippen LogP contribution in [0.15, 0.2) is 33.6 Å². The summed E-state index contributed by atoms with van der Waals surface area (Å²) in [5.74, 6) is -2.78. The molecule has 11 heteroatoms. The Morgan fingerprint density at radius 2 is 2.06 bits per heavy atom. The van der Waals surface area contributed by atoms with E-state index >= 15 is 0 Å². The summed E-state index contributed by atoms with van der Waals surface area (Å²) in [4.78, 5) is 34.0. The summed E-state index contributed by atoms with van der Waals surface area (Å²) in [6.07, 6.45) is 1.43. The number of piperazine rings is 1. The summed E-state index contributed by atoms with van der Waals surface area (Å²) in [7, 11) is 1.22. The van der Waals surface area contributed by atoms with Gasteiger partial charge in [-0.15, -0.1) is 0 Å². The number of benzene rings is 1. The lowest BCUT2D eigenvalue weighted by atomic mass is 10.1. The van der Waals surface area contributed by atoms with Crippen molar-refractivity contribution in [2.45, 2.75) is 13.0 Å². The zero-order chi connectivity index (χ0) is 22.1. The summed E-state index contributed by atoms with van der Waals surface area (Å²) >= 11 is 0. The number of amides is 1. The van der Waals surface area contributed by atoms with E-state index in [9.17, 15) is 18.4 Å². The van der Waals surface area contributed by atoms with Gasteiger partial charge >= 0.3 is 5.76 Å². The molecule has 164 valence electrons. The van der Waals surface area contributed by atoms with E-state index in [1.807, 2.05) is 16.7 Å². The normalized spacial score (nSPS) is 17.2. The van der Waals surface area contributed by atoms with Crippen molar-refractivity contribution in [2.24, 2.45) is 0 Å². The van der Waals surface area contributed by atoms with Crippen LogP contribution < -0.4 is 20.7 Å². The minimum Gasteiger partial charge on any atom is -0.491 e. The van der Waals surface area contributed by atoms with Crippen LogP contribution in [-0.4, -0.2) is 60.1 Å². The van der Waals surface area contributed by atoms with Crippen LogP contribution in [0, 0.1) is 11.6 Å². The Balaban J connectivity index is 1.37. The number of pyridine rings is 1. The Morgan fingerprint density at radius 3 is 2.74 bits per heavy atom. The number of methoxy groups -OCH3 is 1. The van der Waals surface area contributed by atoms with Gasteiger partial charge < -0.3 is 19.4 Å². The molecule has 0 spiro atoms. The van der Waals surface area contributed by atoms with Gasteiger partial charge in [-0.2, -0.15) is 0 Å². The molecular weight excluding hydrogens is 412 g/mol. The minimum atomic E-state index is -0.754. The van der Waals surface area contributed by atoms with Crippen LogP contribution in [0.25, 0.3) is 11.2 Å². The number of halogens is 2. The summed E-state index contributed by atoms with van der Waals surface area (Å²) in [5.41, 5.74) is 1.40.